The fraction of sp³-hybridized carbons (Fsp3) is 0.500. The van der Waals surface area contributed by atoms with Crippen LogP contribution >= 0.6 is 0 Å². The molecule has 4 rings (SSSR count). The van der Waals surface area contributed by atoms with Gasteiger partial charge in [0.15, 0.2) is 0 Å². The van der Waals surface area contributed by atoms with Crippen molar-refractivity contribution in [1.29, 1.82) is 0 Å². The zero-order valence-corrected chi connectivity index (χ0v) is 14.4. The summed E-state index contributed by atoms with van der Waals surface area (Å²) in [6.45, 7) is 3.57. The second-order valence-corrected chi connectivity index (χ2v) is 6.53. The Balaban J connectivity index is 1.80. The number of anilines is 1. The van der Waals surface area contributed by atoms with Gasteiger partial charge in [0, 0.05) is 5.69 Å². The van der Waals surface area contributed by atoms with Crippen molar-refractivity contribution in [3.8, 4) is 11.4 Å². The highest BCUT2D eigenvalue weighted by Crippen LogP contribution is 2.44. The van der Waals surface area contributed by atoms with E-state index in [9.17, 15) is 18.0 Å². The summed E-state index contributed by atoms with van der Waals surface area (Å²) in [7, 11) is 0. The Morgan fingerprint density at radius 2 is 2.00 bits per heavy atom. The van der Waals surface area contributed by atoms with Crippen LogP contribution in [0.2, 0.25) is 0 Å². The number of cyclic esters (lactones) is 1. The lowest BCUT2D eigenvalue weighted by molar-refractivity contribution is -0.206. The van der Waals surface area contributed by atoms with E-state index in [1.165, 1.54) is 0 Å². The van der Waals surface area contributed by atoms with E-state index in [0.717, 1.165) is 38.0 Å². The zero-order chi connectivity index (χ0) is 19.2. The van der Waals surface area contributed by atoms with E-state index in [1.54, 1.807) is 6.07 Å². The van der Waals surface area contributed by atoms with E-state index in [4.69, 9.17) is 0 Å². The van der Waals surface area contributed by atoms with Crippen LogP contribution in [0.5, 0.6) is 0 Å². The summed E-state index contributed by atoms with van der Waals surface area (Å²) in [6, 6.07) is 1.86. The number of rotatable bonds is 2. The lowest BCUT2D eigenvalue weighted by Crippen LogP contribution is -2.34. The molecule has 2 aliphatic heterocycles. The number of hydrogen-bond acceptors (Lipinski definition) is 6. The van der Waals surface area contributed by atoms with E-state index in [1.807, 2.05) is 11.6 Å². The first-order chi connectivity index (χ1) is 12.8. The zero-order valence-electron chi connectivity index (χ0n) is 14.4. The van der Waals surface area contributed by atoms with Crippen molar-refractivity contribution >= 4 is 11.9 Å². The van der Waals surface area contributed by atoms with Gasteiger partial charge in [-0.05, 0) is 38.9 Å². The van der Waals surface area contributed by atoms with Crippen LogP contribution in [0.3, 0.4) is 0 Å². The van der Waals surface area contributed by atoms with E-state index >= 15 is 0 Å². The van der Waals surface area contributed by atoms with E-state index in [-0.39, 0.29) is 23.1 Å². The first-order valence-electron chi connectivity index (χ1n) is 8.51. The lowest BCUT2D eigenvalue weighted by atomic mass is 10.0. The van der Waals surface area contributed by atoms with Gasteiger partial charge >= 0.3 is 12.3 Å². The number of aromatic nitrogens is 4. The van der Waals surface area contributed by atoms with E-state index in [0.29, 0.717) is 5.69 Å². The number of halogens is 3. The minimum absolute atomic E-state index is 0.00175. The fourth-order valence-corrected chi connectivity index (χ4v) is 3.49. The Morgan fingerprint density at radius 3 is 2.70 bits per heavy atom. The van der Waals surface area contributed by atoms with Crippen LogP contribution in [-0.2, 0) is 4.74 Å². The normalized spacial score (nSPS) is 20.7. The molecule has 1 saturated heterocycles. The molecule has 0 aromatic carbocycles. The SMILES string of the molecule is Cc1cc(-c2ncnc3c2[C@H](C(F)(F)F)OC(=O)N3)nn1C1CCNCC1. The van der Waals surface area contributed by atoms with Gasteiger partial charge in [0.2, 0.25) is 6.10 Å². The average molecular weight is 382 g/mol. The standard InChI is InChI=1S/C16H17F3N6O2/c1-8-6-10(24-25(8)9-2-4-20-5-3-9)12-11-13(16(17,18)19)27-15(26)23-14(11)22-7-21-12/h6-7,9,13,20H,2-5H2,1H3,(H,21,22,23,26)/t13-/m1/s1. The summed E-state index contributed by atoms with van der Waals surface area (Å²) in [5.74, 6) is -0.215. The number of piperidine rings is 1. The van der Waals surface area contributed by atoms with Crippen LogP contribution in [0.4, 0.5) is 23.8 Å². The average Bonchev–Trinajstić information content (AvgIpc) is 3.02. The molecule has 11 heteroatoms. The number of carbonyl (C=O) groups excluding carboxylic acids is 1. The molecule has 144 valence electrons. The number of nitrogens with one attached hydrogen (secondary N) is 2. The minimum Gasteiger partial charge on any atom is -0.431 e. The highest BCUT2D eigenvalue weighted by Gasteiger charge is 2.49. The van der Waals surface area contributed by atoms with Crippen molar-refractivity contribution in [2.75, 3.05) is 18.4 Å². The van der Waals surface area contributed by atoms with Gasteiger partial charge in [0.1, 0.15) is 23.5 Å². The molecule has 2 aliphatic rings. The predicted molar refractivity (Wildman–Crippen MR) is 88.0 cm³/mol. The fourth-order valence-electron chi connectivity index (χ4n) is 3.49. The third kappa shape index (κ3) is 3.22. The molecule has 0 saturated carbocycles. The number of nitrogens with zero attached hydrogens (tertiary/aromatic N) is 4. The summed E-state index contributed by atoms with van der Waals surface area (Å²) in [5.41, 5.74) is 0.782. The number of alkyl halides is 3. The summed E-state index contributed by atoms with van der Waals surface area (Å²) in [4.78, 5) is 19.3. The van der Waals surface area contributed by atoms with Crippen LogP contribution in [0.1, 0.15) is 36.2 Å². The van der Waals surface area contributed by atoms with Gasteiger partial charge in [-0.3, -0.25) is 10.00 Å². The van der Waals surface area contributed by atoms with Crippen molar-refractivity contribution in [3.05, 3.63) is 23.7 Å². The molecule has 2 aromatic heterocycles. The summed E-state index contributed by atoms with van der Waals surface area (Å²) in [5, 5.41) is 9.98. The second kappa shape index (κ2) is 6.48. The second-order valence-electron chi connectivity index (χ2n) is 6.53. The number of fused-ring (bicyclic) bond motifs is 1. The Kier molecular flexibility index (Phi) is 4.25. The van der Waals surface area contributed by atoms with Crippen molar-refractivity contribution < 1.29 is 22.7 Å². The maximum atomic E-state index is 13.5. The highest BCUT2D eigenvalue weighted by molar-refractivity contribution is 5.88. The molecule has 27 heavy (non-hydrogen) atoms. The largest absolute Gasteiger partial charge is 0.431 e. The van der Waals surface area contributed by atoms with Gasteiger partial charge in [-0.1, -0.05) is 0 Å². The summed E-state index contributed by atoms with van der Waals surface area (Å²) < 4.78 is 46.7. The molecule has 2 N–H and O–H groups in total. The molecule has 0 aliphatic carbocycles. The van der Waals surface area contributed by atoms with Crippen LogP contribution in [0.25, 0.3) is 11.4 Å². The molecule has 4 heterocycles. The van der Waals surface area contributed by atoms with Crippen LogP contribution in [-0.4, -0.2) is 45.1 Å². The van der Waals surface area contributed by atoms with Gasteiger partial charge in [-0.2, -0.15) is 18.3 Å². The third-order valence-electron chi connectivity index (χ3n) is 4.71. The molecule has 1 fully saturated rings. The van der Waals surface area contributed by atoms with Gasteiger partial charge in [-0.15, -0.1) is 0 Å². The first kappa shape index (κ1) is 17.7. The molecular weight excluding hydrogens is 365 g/mol. The van der Waals surface area contributed by atoms with Gasteiger partial charge < -0.3 is 10.1 Å². The molecule has 1 amide bonds. The van der Waals surface area contributed by atoms with Crippen molar-refractivity contribution in [2.24, 2.45) is 0 Å². The van der Waals surface area contributed by atoms with Crippen LogP contribution in [0, 0.1) is 6.92 Å². The van der Waals surface area contributed by atoms with Gasteiger partial charge in [0.25, 0.3) is 0 Å². The molecule has 1 atom stereocenters. The van der Waals surface area contributed by atoms with Crippen LogP contribution in [0.15, 0.2) is 12.4 Å². The first-order valence-corrected chi connectivity index (χ1v) is 8.51. The van der Waals surface area contributed by atoms with Gasteiger partial charge in [-0.25, -0.2) is 14.8 Å². The topological polar surface area (TPSA) is 94.0 Å². The number of ether oxygens (including phenoxy) is 1. The number of aryl methyl sites for hydroxylation is 1. The quantitative estimate of drug-likeness (QED) is 0.830. The Bertz CT molecular complexity index is 876. The summed E-state index contributed by atoms with van der Waals surface area (Å²) >= 11 is 0. The monoisotopic (exact) mass is 382 g/mol. The predicted octanol–water partition coefficient (Wildman–Crippen LogP) is 2.74. The van der Waals surface area contributed by atoms with Crippen molar-refractivity contribution in [3.63, 3.8) is 0 Å². The maximum Gasteiger partial charge on any atom is 0.430 e. The molecule has 8 nitrogen and oxygen atoms in total. The van der Waals surface area contributed by atoms with E-state index < -0.39 is 18.4 Å². The molecule has 0 spiro atoms. The number of carbonyl (C=O) groups is 1. The third-order valence-corrected chi connectivity index (χ3v) is 4.71. The van der Waals surface area contributed by atoms with Crippen molar-refractivity contribution in [2.45, 2.75) is 38.1 Å². The molecule has 0 bridgehead atoms. The molecule has 2 aromatic rings. The highest BCUT2D eigenvalue weighted by atomic mass is 19.4. The van der Waals surface area contributed by atoms with Gasteiger partial charge in [0.05, 0.1) is 11.6 Å². The molecular formula is C16H17F3N6O2. The number of amides is 1. The van der Waals surface area contributed by atoms with Crippen LogP contribution < -0.4 is 10.6 Å². The number of hydrogen-bond donors (Lipinski definition) is 2. The smallest absolute Gasteiger partial charge is 0.430 e. The molecule has 0 unspecified atom stereocenters. The minimum atomic E-state index is -4.79. The van der Waals surface area contributed by atoms with Crippen molar-refractivity contribution in [1.82, 2.24) is 25.1 Å². The molecule has 0 radical (unpaired) electrons. The maximum absolute atomic E-state index is 13.5. The Hall–Kier alpha value is -2.69. The summed E-state index contributed by atoms with van der Waals surface area (Å²) in [6.07, 6.45) is -5.57. The Labute approximate surface area is 152 Å². The van der Waals surface area contributed by atoms with E-state index in [2.05, 4.69) is 30.4 Å². The Morgan fingerprint density at radius 1 is 1.26 bits per heavy atom. The lowest BCUT2D eigenvalue weighted by Gasteiger charge is -2.27.